The van der Waals surface area contributed by atoms with Crippen LogP contribution in [-0.4, -0.2) is 0 Å². The van der Waals surface area contributed by atoms with Crippen LogP contribution in [-0.2, 0) is 0 Å². The minimum atomic E-state index is 1.20. The molecule has 0 heteroatoms. The van der Waals surface area contributed by atoms with Gasteiger partial charge in [-0.15, -0.1) is 0 Å². The van der Waals surface area contributed by atoms with E-state index in [1.54, 1.807) is 16.7 Å². The molecule has 0 nitrogen and oxygen atoms in total. The highest BCUT2D eigenvalue weighted by Crippen LogP contribution is 2.28. The summed E-state index contributed by atoms with van der Waals surface area (Å²) in [7, 11) is 0. The van der Waals surface area contributed by atoms with Crippen molar-refractivity contribution in [3.05, 3.63) is 22.8 Å². The Labute approximate surface area is 89.1 Å². The van der Waals surface area contributed by atoms with E-state index in [1.807, 2.05) is 0 Å². The molecule has 1 aliphatic rings. The quantitative estimate of drug-likeness (QED) is 0.549. The third kappa shape index (κ3) is 3.69. The van der Waals surface area contributed by atoms with Gasteiger partial charge in [0.1, 0.15) is 0 Å². The molecule has 0 aromatic carbocycles. The second kappa shape index (κ2) is 6.06. The van der Waals surface area contributed by atoms with Gasteiger partial charge in [-0.3, -0.25) is 0 Å². The fourth-order valence-electron chi connectivity index (χ4n) is 2.20. The molecular weight excluding hydrogens is 168 g/mol. The average Bonchev–Trinajstić information content (AvgIpc) is 2.67. The van der Waals surface area contributed by atoms with E-state index in [1.165, 1.54) is 44.9 Å². The average molecular weight is 192 g/mol. The summed E-state index contributed by atoms with van der Waals surface area (Å²) in [5, 5.41) is 0. The zero-order chi connectivity index (χ0) is 10.4. The molecule has 1 rings (SSSR count). The van der Waals surface area contributed by atoms with E-state index in [0.29, 0.717) is 0 Å². The molecule has 1 aliphatic carbocycles. The van der Waals surface area contributed by atoms with Gasteiger partial charge in [0.25, 0.3) is 0 Å². The van der Waals surface area contributed by atoms with Crippen molar-refractivity contribution >= 4 is 0 Å². The molecule has 1 fully saturated rings. The molecule has 0 unspecified atom stereocenters. The lowest BCUT2D eigenvalue weighted by Gasteiger charge is -2.04. The molecule has 0 saturated heterocycles. The fraction of sp³-hybridized carbons (Fsp3) is 0.714. The summed E-state index contributed by atoms with van der Waals surface area (Å²) in [5.74, 6) is 0. The Morgan fingerprint density at radius 3 is 2.43 bits per heavy atom. The Hall–Kier alpha value is -0.520. The topological polar surface area (TPSA) is 0 Å². The molecule has 0 amide bonds. The lowest BCUT2D eigenvalue weighted by atomic mass is 10.0. The Balaban J connectivity index is 2.43. The number of rotatable bonds is 4. The van der Waals surface area contributed by atoms with Crippen molar-refractivity contribution in [3.63, 3.8) is 0 Å². The van der Waals surface area contributed by atoms with E-state index >= 15 is 0 Å². The van der Waals surface area contributed by atoms with Crippen molar-refractivity contribution in [3.8, 4) is 0 Å². The number of hydrogen-bond donors (Lipinski definition) is 0. The molecule has 0 radical (unpaired) electrons. The molecule has 80 valence electrons. The molecule has 14 heavy (non-hydrogen) atoms. The minimum absolute atomic E-state index is 1.20. The summed E-state index contributed by atoms with van der Waals surface area (Å²) in [4.78, 5) is 0. The molecule has 0 heterocycles. The normalized spacial score (nSPS) is 17.6. The number of allylic oxidation sites excluding steroid dienone is 4. The first-order valence-electron chi connectivity index (χ1n) is 6.07. The van der Waals surface area contributed by atoms with Crippen LogP contribution in [0.3, 0.4) is 0 Å². The van der Waals surface area contributed by atoms with E-state index in [-0.39, 0.29) is 0 Å². The van der Waals surface area contributed by atoms with Crippen molar-refractivity contribution in [2.45, 2.75) is 65.7 Å². The summed E-state index contributed by atoms with van der Waals surface area (Å²) in [6.45, 7) is 6.83. The smallest absolute Gasteiger partial charge is 0.0136 e. The van der Waals surface area contributed by atoms with E-state index in [0.717, 1.165) is 0 Å². The summed E-state index contributed by atoms with van der Waals surface area (Å²) >= 11 is 0. The zero-order valence-electron chi connectivity index (χ0n) is 10.0. The standard InChI is InChI=1S/C14H24/c1-4-7-12(2)10-11-13(3)14-8-5-6-9-14/h10H,4-9,11H2,1-3H3. The van der Waals surface area contributed by atoms with Crippen molar-refractivity contribution in [1.29, 1.82) is 0 Å². The van der Waals surface area contributed by atoms with Crippen molar-refractivity contribution in [1.82, 2.24) is 0 Å². The van der Waals surface area contributed by atoms with Crippen LogP contribution in [0, 0.1) is 0 Å². The van der Waals surface area contributed by atoms with Gasteiger partial charge in [0, 0.05) is 0 Å². The second-order valence-electron chi connectivity index (χ2n) is 4.60. The molecule has 0 aromatic heterocycles. The first kappa shape index (κ1) is 11.6. The SMILES string of the molecule is CCCC(C)=CCC(C)=C1CCCC1. The summed E-state index contributed by atoms with van der Waals surface area (Å²) in [6.07, 6.45) is 11.7. The molecule has 0 bridgehead atoms. The monoisotopic (exact) mass is 192 g/mol. The zero-order valence-corrected chi connectivity index (χ0v) is 10.0. The molecule has 0 N–H and O–H groups in total. The van der Waals surface area contributed by atoms with Gasteiger partial charge < -0.3 is 0 Å². The largest absolute Gasteiger partial charge is 0.0815 e. The van der Waals surface area contributed by atoms with Crippen LogP contribution in [0.5, 0.6) is 0 Å². The minimum Gasteiger partial charge on any atom is -0.0815 e. The summed E-state index contributed by atoms with van der Waals surface area (Å²) in [5.41, 5.74) is 4.94. The van der Waals surface area contributed by atoms with Crippen LogP contribution in [0.25, 0.3) is 0 Å². The van der Waals surface area contributed by atoms with E-state index < -0.39 is 0 Å². The van der Waals surface area contributed by atoms with Crippen LogP contribution in [0.1, 0.15) is 65.7 Å². The first-order chi connectivity index (χ1) is 6.74. The van der Waals surface area contributed by atoms with Crippen LogP contribution in [0.4, 0.5) is 0 Å². The maximum absolute atomic E-state index is 2.42. The fourth-order valence-corrected chi connectivity index (χ4v) is 2.20. The van der Waals surface area contributed by atoms with Gasteiger partial charge in [-0.1, -0.05) is 36.1 Å². The van der Waals surface area contributed by atoms with Gasteiger partial charge >= 0.3 is 0 Å². The van der Waals surface area contributed by atoms with E-state index in [4.69, 9.17) is 0 Å². The highest BCUT2D eigenvalue weighted by atomic mass is 14.1. The molecule has 0 aliphatic heterocycles. The van der Waals surface area contributed by atoms with Crippen molar-refractivity contribution in [2.24, 2.45) is 0 Å². The van der Waals surface area contributed by atoms with E-state index in [9.17, 15) is 0 Å². The third-order valence-electron chi connectivity index (χ3n) is 3.21. The maximum Gasteiger partial charge on any atom is -0.0136 e. The van der Waals surface area contributed by atoms with Crippen molar-refractivity contribution in [2.75, 3.05) is 0 Å². The lowest BCUT2D eigenvalue weighted by molar-refractivity contribution is 0.886. The molecule has 1 saturated carbocycles. The first-order valence-corrected chi connectivity index (χ1v) is 6.07. The highest BCUT2D eigenvalue weighted by Gasteiger charge is 2.08. The van der Waals surface area contributed by atoms with Crippen LogP contribution < -0.4 is 0 Å². The maximum atomic E-state index is 2.42. The van der Waals surface area contributed by atoms with Gasteiger partial charge in [-0.2, -0.15) is 0 Å². The van der Waals surface area contributed by atoms with Crippen LogP contribution >= 0.6 is 0 Å². The van der Waals surface area contributed by atoms with Gasteiger partial charge in [0.2, 0.25) is 0 Å². The lowest BCUT2D eigenvalue weighted by Crippen LogP contribution is -1.83. The molecule has 0 aromatic rings. The summed E-state index contributed by atoms with van der Waals surface area (Å²) < 4.78 is 0. The number of hydrogen-bond acceptors (Lipinski definition) is 0. The molecule has 0 atom stereocenters. The van der Waals surface area contributed by atoms with Gasteiger partial charge in [-0.25, -0.2) is 0 Å². The Morgan fingerprint density at radius 1 is 1.21 bits per heavy atom. The Kier molecular flexibility index (Phi) is 5.00. The Bertz CT molecular complexity index is 222. The van der Waals surface area contributed by atoms with Crippen LogP contribution in [0.15, 0.2) is 22.8 Å². The Morgan fingerprint density at radius 2 is 1.86 bits per heavy atom. The van der Waals surface area contributed by atoms with Crippen molar-refractivity contribution < 1.29 is 0 Å². The van der Waals surface area contributed by atoms with Gasteiger partial charge in [0.05, 0.1) is 0 Å². The predicted molar refractivity (Wildman–Crippen MR) is 64.5 cm³/mol. The van der Waals surface area contributed by atoms with E-state index in [2.05, 4.69) is 26.8 Å². The summed E-state index contributed by atoms with van der Waals surface area (Å²) in [6, 6.07) is 0. The second-order valence-corrected chi connectivity index (χ2v) is 4.60. The highest BCUT2D eigenvalue weighted by molar-refractivity contribution is 5.18. The molecule has 0 spiro atoms. The van der Waals surface area contributed by atoms with Gasteiger partial charge in [0.15, 0.2) is 0 Å². The third-order valence-corrected chi connectivity index (χ3v) is 3.21. The predicted octanol–water partition coefficient (Wildman–Crippen LogP) is 5.01. The van der Waals surface area contributed by atoms with Crippen LogP contribution in [0.2, 0.25) is 0 Å². The van der Waals surface area contributed by atoms with Gasteiger partial charge in [-0.05, 0) is 52.4 Å². The molecular formula is C14H24.